The lowest BCUT2D eigenvalue weighted by atomic mass is 9.95. The second kappa shape index (κ2) is 5.99. The van der Waals surface area contributed by atoms with Gasteiger partial charge in [0, 0.05) is 22.9 Å². The van der Waals surface area contributed by atoms with Gasteiger partial charge in [0.15, 0.2) is 0 Å². The highest BCUT2D eigenvalue weighted by Crippen LogP contribution is 2.32. The predicted molar refractivity (Wildman–Crippen MR) is 83.3 cm³/mol. The maximum absolute atomic E-state index is 9.18. The Morgan fingerprint density at radius 3 is 2.37 bits per heavy atom. The lowest BCUT2D eigenvalue weighted by Crippen LogP contribution is -2.02. The molecule has 2 rings (SSSR count). The summed E-state index contributed by atoms with van der Waals surface area (Å²) in [4.78, 5) is 1.21. The van der Waals surface area contributed by atoms with E-state index in [1.54, 1.807) is 17.8 Å². The summed E-state index contributed by atoms with van der Waals surface area (Å²) in [5, 5.41) is 9.18. The molecular weight excluding hydrogens is 256 g/mol. The molecule has 0 radical (unpaired) electrons. The number of hydrogen-bond acceptors (Lipinski definition) is 4. The van der Waals surface area contributed by atoms with Crippen molar-refractivity contribution in [2.75, 3.05) is 24.3 Å². The van der Waals surface area contributed by atoms with E-state index >= 15 is 0 Å². The molecule has 2 aromatic rings. The Kier molecular flexibility index (Phi) is 4.35. The van der Waals surface area contributed by atoms with Crippen molar-refractivity contribution in [1.29, 1.82) is 0 Å². The van der Waals surface area contributed by atoms with Gasteiger partial charge in [-0.05, 0) is 53.6 Å². The summed E-state index contributed by atoms with van der Waals surface area (Å²) in [6.45, 7) is 0.0734. The minimum absolute atomic E-state index is 0.0734. The fourth-order valence-electron chi connectivity index (χ4n) is 2.14. The summed E-state index contributed by atoms with van der Waals surface area (Å²) in [7, 11) is 0. The Balaban J connectivity index is 2.52. The molecule has 100 valence electrons. The van der Waals surface area contributed by atoms with Crippen LogP contribution in [-0.4, -0.2) is 18.0 Å². The monoisotopic (exact) mass is 274 g/mol. The van der Waals surface area contributed by atoms with Crippen molar-refractivity contribution in [3.05, 3.63) is 42.0 Å². The highest BCUT2D eigenvalue weighted by Gasteiger charge is 2.10. The van der Waals surface area contributed by atoms with Gasteiger partial charge in [-0.3, -0.25) is 0 Å². The SMILES string of the molecule is CSc1ccc(-c2cc(N)cc(N)c2CCO)cc1. The first-order valence-electron chi connectivity index (χ1n) is 6.09. The van der Waals surface area contributed by atoms with Gasteiger partial charge < -0.3 is 16.6 Å². The summed E-state index contributed by atoms with van der Waals surface area (Å²) in [5.74, 6) is 0. The van der Waals surface area contributed by atoms with E-state index in [9.17, 15) is 5.11 Å². The van der Waals surface area contributed by atoms with Gasteiger partial charge in [0.25, 0.3) is 0 Å². The van der Waals surface area contributed by atoms with E-state index in [2.05, 4.69) is 24.3 Å². The maximum atomic E-state index is 9.18. The normalized spacial score (nSPS) is 10.6. The van der Waals surface area contributed by atoms with E-state index in [0.29, 0.717) is 17.8 Å². The lowest BCUT2D eigenvalue weighted by molar-refractivity contribution is 0.300. The average Bonchev–Trinajstić information content (AvgIpc) is 2.42. The van der Waals surface area contributed by atoms with Crippen molar-refractivity contribution in [2.24, 2.45) is 0 Å². The van der Waals surface area contributed by atoms with Crippen LogP contribution >= 0.6 is 11.8 Å². The highest BCUT2D eigenvalue weighted by atomic mass is 32.2. The van der Waals surface area contributed by atoms with Crippen molar-refractivity contribution in [3.8, 4) is 11.1 Å². The molecule has 0 atom stereocenters. The Labute approximate surface area is 117 Å². The molecule has 0 heterocycles. The number of hydrogen-bond donors (Lipinski definition) is 3. The third-order valence-electron chi connectivity index (χ3n) is 3.07. The zero-order valence-electron chi connectivity index (χ0n) is 10.9. The van der Waals surface area contributed by atoms with E-state index < -0.39 is 0 Å². The summed E-state index contributed by atoms with van der Waals surface area (Å²) in [6.07, 6.45) is 2.58. The number of thioether (sulfide) groups is 1. The Morgan fingerprint density at radius 1 is 1.11 bits per heavy atom. The molecule has 0 aliphatic heterocycles. The fourth-order valence-corrected chi connectivity index (χ4v) is 2.54. The molecule has 0 saturated heterocycles. The van der Waals surface area contributed by atoms with Crippen LogP contribution in [-0.2, 0) is 6.42 Å². The van der Waals surface area contributed by atoms with Gasteiger partial charge in [0.05, 0.1) is 0 Å². The number of anilines is 2. The van der Waals surface area contributed by atoms with E-state index in [-0.39, 0.29) is 6.61 Å². The second-order valence-corrected chi connectivity index (χ2v) is 5.22. The Morgan fingerprint density at radius 2 is 1.79 bits per heavy atom. The number of benzene rings is 2. The smallest absolute Gasteiger partial charge is 0.0472 e. The van der Waals surface area contributed by atoms with Crippen molar-refractivity contribution < 1.29 is 5.11 Å². The standard InChI is InChI=1S/C15H18N2OS/c1-19-12-4-2-10(3-5-12)14-8-11(16)9-15(17)13(14)6-7-18/h2-5,8-9,18H,6-7,16-17H2,1H3. The summed E-state index contributed by atoms with van der Waals surface area (Å²) >= 11 is 1.70. The van der Waals surface area contributed by atoms with Crippen LogP contribution in [0.5, 0.6) is 0 Å². The van der Waals surface area contributed by atoms with Crippen molar-refractivity contribution in [3.63, 3.8) is 0 Å². The molecule has 0 aliphatic carbocycles. The predicted octanol–water partition coefficient (Wildman–Crippen LogP) is 2.77. The summed E-state index contributed by atoms with van der Waals surface area (Å²) in [6, 6.07) is 11.9. The molecule has 0 spiro atoms. The lowest BCUT2D eigenvalue weighted by Gasteiger charge is -2.13. The first-order chi connectivity index (χ1) is 9.15. The highest BCUT2D eigenvalue weighted by molar-refractivity contribution is 7.98. The molecule has 0 aliphatic rings. The Hall–Kier alpha value is -1.65. The largest absolute Gasteiger partial charge is 0.399 e. The van der Waals surface area contributed by atoms with Crippen LogP contribution in [0.1, 0.15) is 5.56 Å². The second-order valence-electron chi connectivity index (χ2n) is 4.34. The number of aliphatic hydroxyl groups is 1. The molecule has 0 amide bonds. The fraction of sp³-hybridized carbons (Fsp3) is 0.200. The van der Waals surface area contributed by atoms with Crippen LogP contribution < -0.4 is 11.5 Å². The minimum atomic E-state index is 0.0734. The van der Waals surface area contributed by atoms with Crippen molar-refractivity contribution >= 4 is 23.1 Å². The van der Waals surface area contributed by atoms with Crippen LogP contribution in [0.15, 0.2) is 41.3 Å². The number of nitrogens with two attached hydrogens (primary N) is 2. The first kappa shape index (κ1) is 13.8. The number of rotatable bonds is 4. The van der Waals surface area contributed by atoms with Gasteiger partial charge in [-0.2, -0.15) is 0 Å². The summed E-state index contributed by atoms with van der Waals surface area (Å²) in [5.41, 5.74) is 16.2. The molecule has 3 nitrogen and oxygen atoms in total. The van der Waals surface area contributed by atoms with E-state index in [4.69, 9.17) is 11.5 Å². The third-order valence-corrected chi connectivity index (χ3v) is 3.81. The van der Waals surface area contributed by atoms with Gasteiger partial charge >= 0.3 is 0 Å². The Bertz CT molecular complexity index is 567. The van der Waals surface area contributed by atoms with Gasteiger partial charge in [-0.1, -0.05) is 12.1 Å². The van der Waals surface area contributed by atoms with Crippen LogP contribution in [0.4, 0.5) is 11.4 Å². The molecule has 2 aromatic carbocycles. The molecule has 0 aromatic heterocycles. The van der Waals surface area contributed by atoms with Crippen LogP contribution in [0, 0.1) is 0 Å². The molecule has 0 fully saturated rings. The van der Waals surface area contributed by atoms with E-state index in [1.807, 2.05) is 12.3 Å². The topological polar surface area (TPSA) is 72.3 Å². The minimum Gasteiger partial charge on any atom is -0.399 e. The molecular formula is C15H18N2OS. The van der Waals surface area contributed by atoms with Gasteiger partial charge in [-0.15, -0.1) is 11.8 Å². The van der Waals surface area contributed by atoms with E-state index in [1.165, 1.54) is 4.90 Å². The van der Waals surface area contributed by atoms with Gasteiger partial charge in [0.1, 0.15) is 0 Å². The first-order valence-corrected chi connectivity index (χ1v) is 7.31. The quantitative estimate of drug-likeness (QED) is 0.592. The number of nitrogen functional groups attached to an aromatic ring is 2. The van der Waals surface area contributed by atoms with Crippen molar-refractivity contribution in [2.45, 2.75) is 11.3 Å². The molecule has 5 N–H and O–H groups in total. The summed E-state index contributed by atoms with van der Waals surface area (Å²) < 4.78 is 0. The molecule has 19 heavy (non-hydrogen) atoms. The molecule has 4 heteroatoms. The van der Waals surface area contributed by atoms with Gasteiger partial charge in [-0.25, -0.2) is 0 Å². The van der Waals surface area contributed by atoms with Crippen LogP contribution in [0.3, 0.4) is 0 Å². The zero-order chi connectivity index (χ0) is 13.8. The third kappa shape index (κ3) is 3.03. The van der Waals surface area contributed by atoms with E-state index in [0.717, 1.165) is 16.7 Å². The average molecular weight is 274 g/mol. The molecule has 0 unspecified atom stereocenters. The molecule has 0 saturated carbocycles. The van der Waals surface area contributed by atoms with Crippen LogP contribution in [0.2, 0.25) is 0 Å². The van der Waals surface area contributed by atoms with Crippen LogP contribution in [0.25, 0.3) is 11.1 Å². The zero-order valence-corrected chi connectivity index (χ0v) is 11.7. The number of aliphatic hydroxyl groups excluding tert-OH is 1. The molecule has 0 bridgehead atoms. The van der Waals surface area contributed by atoms with Crippen molar-refractivity contribution in [1.82, 2.24) is 0 Å². The van der Waals surface area contributed by atoms with Gasteiger partial charge in [0.2, 0.25) is 0 Å². The maximum Gasteiger partial charge on any atom is 0.0472 e.